The third-order valence-electron chi connectivity index (χ3n) is 2.77. The van der Waals surface area contributed by atoms with Crippen LogP contribution in [0.2, 0.25) is 0 Å². The maximum Gasteiger partial charge on any atom is 0.178 e. The van der Waals surface area contributed by atoms with Crippen LogP contribution in [0, 0.1) is 5.92 Å². The van der Waals surface area contributed by atoms with Gasteiger partial charge in [0.2, 0.25) is 0 Å². The normalized spacial score (nSPS) is 30.3. The second-order valence-corrected chi connectivity index (χ2v) is 4.16. The Kier molecular flexibility index (Phi) is 4.40. The second-order valence-electron chi connectivity index (χ2n) is 4.16. The smallest absolute Gasteiger partial charge is 0.178 e. The second kappa shape index (κ2) is 6.45. The van der Waals surface area contributed by atoms with Crippen molar-refractivity contribution in [1.29, 1.82) is 0 Å². The van der Waals surface area contributed by atoms with Gasteiger partial charge in [-0.3, -0.25) is 9.59 Å². The predicted octanol–water partition coefficient (Wildman–Crippen LogP) is 3.03. The van der Waals surface area contributed by atoms with Crippen molar-refractivity contribution in [2.75, 3.05) is 0 Å². The average Bonchev–Trinajstić information content (AvgIpc) is 2.44. The number of hydrogen-bond donors (Lipinski definition) is 0. The van der Waals surface area contributed by atoms with Gasteiger partial charge in [-0.05, 0) is 23.8 Å². The molecule has 0 fully saturated rings. The summed E-state index contributed by atoms with van der Waals surface area (Å²) in [5.41, 5.74) is 0.941. The number of hydrogen-bond acceptors (Lipinski definition) is 2. The maximum absolute atomic E-state index is 12.1. The molecule has 1 unspecified atom stereocenters. The Morgan fingerprint density at radius 3 is 2.21 bits per heavy atom. The molecule has 0 aromatic rings. The Labute approximate surface area is 112 Å². The van der Waals surface area contributed by atoms with Gasteiger partial charge in [-0.1, -0.05) is 60.8 Å². The fourth-order valence-electron chi connectivity index (χ4n) is 1.82. The molecule has 0 radical (unpaired) electrons. The zero-order valence-corrected chi connectivity index (χ0v) is 10.4. The molecule has 0 aliphatic heterocycles. The summed E-state index contributed by atoms with van der Waals surface area (Å²) < 4.78 is 0. The minimum absolute atomic E-state index is 0.00422. The van der Waals surface area contributed by atoms with Gasteiger partial charge in [-0.25, -0.2) is 0 Å². The first-order valence-corrected chi connectivity index (χ1v) is 6.10. The highest BCUT2D eigenvalue weighted by Crippen LogP contribution is 2.20. The monoisotopic (exact) mass is 250 g/mol. The molecule has 0 heterocycles. The van der Waals surface area contributed by atoms with Crippen LogP contribution in [-0.2, 0) is 9.59 Å². The first-order valence-electron chi connectivity index (χ1n) is 6.10. The van der Waals surface area contributed by atoms with Crippen molar-refractivity contribution in [3.8, 4) is 0 Å². The first kappa shape index (κ1) is 13.0. The molecule has 2 heteroatoms. The molecule has 94 valence electrons. The van der Waals surface area contributed by atoms with Crippen LogP contribution >= 0.6 is 0 Å². The lowest BCUT2D eigenvalue weighted by Gasteiger charge is -2.13. The van der Waals surface area contributed by atoms with Crippen molar-refractivity contribution in [1.82, 2.24) is 0 Å². The minimum atomic E-state index is -0.250. The van der Waals surface area contributed by atoms with Crippen LogP contribution in [-0.4, -0.2) is 11.6 Å². The quantitative estimate of drug-likeness (QED) is 0.662. The SMILES string of the molecule is O=C1C=C/C=C/C(=O)C2C=CC=C\C2=C/C=C\C=C\1. The first-order chi connectivity index (χ1) is 9.27. The van der Waals surface area contributed by atoms with E-state index in [0.717, 1.165) is 5.57 Å². The molecule has 0 amide bonds. The molecule has 19 heavy (non-hydrogen) atoms. The highest BCUT2D eigenvalue weighted by molar-refractivity contribution is 6.00. The molecule has 1 atom stereocenters. The number of rotatable bonds is 0. The Hall–Kier alpha value is -2.48. The molecule has 0 N–H and O–H groups in total. The van der Waals surface area contributed by atoms with Crippen LogP contribution in [0.5, 0.6) is 0 Å². The van der Waals surface area contributed by atoms with E-state index in [9.17, 15) is 9.59 Å². The highest BCUT2D eigenvalue weighted by Gasteiger charge is 2.16. The van der Waals surface area contributed by atoms with Crippen LogP contribution in [0.4, 0.5) is 0 Å². The fourth-order valence-corrected chi connectivity index (χ4v) is 1.82. The van der Waals surface area contributed by atoms with Crippen molar-refractivity contribution in [2.24, 2.45) is 5.92 Å². The molecule has 2 aliphatic carbocycles. The standard InChI is InChI=1S/C17H14O2/c18-15-10-3-1-2-8-14-9-4-6-12-16(14)17(19)13-7-5-11-15/h1-13,16H/b2-1-,10-3+,11-5?,13-7+,14-8+. The van der Waals surface area contributed by atoms with Crippen LogP contribution in [0.15, 0.2) is 84.6 Å². The van der Waals surface area contributed by atoms with Gasteiger partial charge >= 0.3 is 0 Å². The van der Waals surface area contributed by atoms with Crippen molar-refractivity contribution in [3.05, 3.63) is 84.6 Å². The number of allylic oxidation sites excluding steroid dienone is 14. The van der Waals surface area contributed by atoms with E-state index in [1.165, 1.54) is 18.2 Å². The molecular formula is C17H14O2. The van der Waals surface area contributed by atoms with Gasteiger partial charge in [0.05, 0.1) is 5.92 Å². The number of carbonyl (C=O) groups excluding carboxylic acids is 2. The summed E-state index contributed by atoms with van der Waals surface area (Å²) in [6, 6.07) is 0. The molecule has 2 aliphatic rings. The van der Waals surface area contributed by atoms with Crippen molar-refractivity contribution < 1.29 is 9.59 Å². The fraction of sp³-hybridized carbons (Fsp3) is 0.0588. The molecule has 0 bridgehead atoms. The Bertz CT molecular complexity index is 578. The third-order valence-corrected chi connectivity index (χ3v) is 2.77. The van der Waals surface area contributed by atoms with E-state index >= 15 is 0 Å². The van der Waals surface area contributed by atoms with E-state index in [2.05, 4.69) is 0 Å². The molecule has 0 spiro atoms. The van der Waals surface area contributed by atoms with Gasteiger partial charge in [0.1, 0.15) is 0 Å². The summed E-state index contributed by atoms with van der Waals surface area (Å²) in [6.45, 7) is 0. The van der Waals surface area contributed by atoms with E-state index in [4.69, 9.17) is 0 Å². The van der Waals surface area contributed by atoms with E-state index in [1.807, 2.05) is 36.5 Å². The Morgan fingerprint density at radius 2 is 1.37 bits per heavy atom. The van der Waals surface area contributed by atoms with Gasteiger partial charge in [0, 0.05) is 0 Å². The van der Waals surface area contributed by atoms with Crippen molar-refractivity contribution in [3.63, 3.8) is 0 Å². The number of ketones is 2. The van der Waals surface area contributed by atoms with Gasteiger partial charge in [-0.2, -0.15) is 0 Å². The van der Waals surface area contributed by atoms with Gasteiger partial charge in [-0.15, -0.1) is 0 Å². The topological polar surface area (TPSA) is 34.1 Å². The summed E-state index contributed by atoms with van der Waals surface area (Å²) >= 11 is 0. The molecule has 0 aromatic heterocycles. The molecule has 0 saturated carbocycles. The van der Waals surface area contributed by atoms with E-state index in [0.29, 0.717) is 0 Å². The third kappa shape index (κ3) is 3.75. The summed E-state index contributed by atoms with van der Waals surface area (Å²) in [6.07, 6.45) is 22.3. The lowest BCUT2D eigenvalue weighted by Crippen LogP contribution is -2.12. The maximum atomic E-state index is 12.1. The Morgan fingerprint density at radius 1 is 0.684 bits per heavy atom. The van der Waals surface area contributed by atoms with Gasteiger partial charge in [0.15, 0.2) is 11.6 Å². The van der Waals surface area contributed by atoms with Crippen LogP contribution in [0.1, 0.15) is 0 Å². The van der Waals surface area contributed by atoms with Gasteiger partial charge in [0.25, 0.3) is 0 Å². The molecule has 2 rings (SSSR count). The molecule has 0 aromatic carbocycles. The predicted molar refractivity (Wildman–Crippen MR) is 76.4 cm³/mol. The summed E-state index contributed by atoms with van der Waals surface area (Å²) in [7, 11) is 0. The average molecular weight is 250 g/mol. The lowest BCUT2D eigenvalue weighted by atomic mass is 9.90. The number of carbonyl (C=O) groups is 2. The zero-order valence-electron chi connectivity index (χ0n) is 10.4. The van der Waals surface area contributed by atoms with Crippen LogP contribution in [0.25, 0.3) is 0 Å². The largest absolute Gasteiger partial charge is 0.294 e. The molecular weight excluding hydrogens is 236 g/mol. The molecule has 0 saturated heterocycles. The summed E-state index contributed by atoms with van der Waals surface area (Å²) in [5.74, 6) is -0.352. The van der Waals surface area contributed by atoms with Crippen molar-refractivity contribution in [2.45, 2.75) is 0 Å². The van der Waals surface area contributed by atoms with E-state index < -0.39 is 0 Å². The van der Waals surface area contributed by atoms with Crippen LogP contribution < -0.4 is 0 Å². The van der Waals surface area contributed by atoms with Crippen LogP contribution in [0.3, 0.4) is 0 Å². The summed E-state index contributed by atoms with van der Waals surface area (Å²) in [4.78, 5) is 23.4. The Balaban J connectivity index is 2.34. The highest BCUT2D eigenvalue weighted by atomic mass is 16.1. The number of fused-ring (bicyclic) bond motifs is 1. The molecule has 2 nitrogen and oxygen atoms in total. The van der Waals surface area contributed by atoms with Crippen molar-refractivity contribution >= 4 is 11.6 Å². The summed E-state index contributed by atoms with van der Waals surface area (Å²) in [5, 5.41) is 0. The zero-order chi connectivity index (χ0) is 13.5. The lowest BCUT2D eigenvalue weighted by molar-refractivity contribution is -0.116. The van der Waals surface area contributed by atoms with E-state index in [-0.39, 0.29) is 17.5 Å². The minimum Gasteiger partial charge on any atom is -0.294 e. The van der Waals surface area contributed by atoms with E-state index in [1.54, 1.807) is 24.3 Å². The van der Waals surface area contributed by atoms with Gasteiger partial charge < -0.3 is 0 Å².